The van der Waals surface area contributed by atoms with Crippen molar-refractivity contribution in [2.24, 2.45) is 0 Å². The Hall–Kier alpha value is -8.20. The van der Waals surface area contributed by atoms with Gasteiger partial charge in [0.05, 0.1) is 78.5 Å². The molecule has 15 rings (SSSR count). The maximum absolute atomic E-state index is 10.6. The Balaban J connectivity index is 1.31. The van der Waals surface area contributed by atoms with Crippen molar-refractivity contribution in [3.05, 3.63) is 267 Å². The Morgan fingerprint density at radius 3 is 1.42 bits per heavy atom. The first-order valence-electron chi connectivity index (χ1n) is 41.2. The molecule has 0 N–H and O–H groups in total. The number of hydrogen-bond donors (Lipinski definition) is 0. The second-order valence-electron chi connectivity index (χ2n) is 15.8. The molecule has 314 valence electrons. The molecule has 4 aliphatic rings. The number of hydrogen-bond acceptors (Lipinski definition) is 2. The summed E-state index contributed by atoms with van der Waals surface area (Å²) < 4.78 is 408. The maximum atomic E-state index is 10.6. The number of anilines is 3. The fourth-order valence-corrected chi connectivity index (χ4v) is 10.6. The van der Waals surface area contributed by atoms with Crippen molar-refractivity contribution in [2.75, 3.05) is 4.90 Å². The van der Waals surface area contributed by atoms with E-state index in [-0.39, 0.29) is 0 Å². The van der Waals surface area contributed by atoms with Gasteiger partial charge in [0.25, 0.3) is 0 Å². The molecule has 0 bridgehead atoms. The third kappa shape index (κ3) is 4.46. The van der Waals surface area contributed by atoms with Crippen LogP contribution in [-0.4, -0.2) is 0 Å². The van der Waals surface area contributed by atoms with Gasteiger partial charge in [-0.25, -0.2) is 0 Å². The summed E-state index contributed by atoms with van der Waals surface area (Å²) in [5.41, 5.74) is -32.8. The first-order valence-corrected chi connectivity index (χ1v) is 20.2. The molecule has 1 atom stereocenters. The predicted molar refractivity (Wildman–Crippen MR) is 275 cm³/mol. The summed E-state index contributed by atoms with van der Waals surface area (Å²) in [4.78, 5) is 0.372. The van der Waals surface area contributed by atoms with Crippen molar-refractivity contribution in [3.63, 3.8) is 0 Å². The van der Waals surface area contributed by atoms with Crippen LogP contribution < -0.4 is 4.90 Å². The van der Waals surface area contributed by atoms with E-state index in [2.05, 4.69) is 0 Å². The number of para-hydroxylation sites is 1. The average molecular weight is 896 g/mol. The van der Waals surface area contributed by atoms with Gasteiger partial charge in [0.15, 0.2) is 0 Å². The minimum absolute atomic E-state index is 0.372. The van der Waals surface area contributed by atoms with Gasteiger partial charge in [-0.1, -0.05) is 192 Å². The lowest BCUT2D eigenvalue weighted by Crippen LogP contribution is -2.26. The van der Waals surface area contributed by atoms with Crippen LogP contribution in [0.3, 0.4) is 0 Å². The number of nitrogens with zero attached hydrogens (tertiary/aromatic N) is 1. The van der Waals surface area contributed by atoms with E-state index in [9.17, 15) is 41.1 Å². The first kappa shape index (κ1) is 14.9. The van der Waals surface area contributed by atoms with Crippen molar-refractivity contribution >= 4 is 39.0 Å². The summed E-state index contributed by atoms with van der Waals surface area (Å²) in [7, 11) is 0. The highest BCUT2D eigenvalue weighted by Crippen LogP contribution is 2.68. The fourth-order valence-electron chi connectivity index (χ4n) is 10.6. The first-order chi connectivity index (χ1) is 50.4. The number of fused-ring (bicyclic) bond motifs is 23. The molecule has 11 aromatic rings. The van der Waals surface area contributed by atoms with E-state index in [1.165, 1.54) is 0 Å². The molecule has 10 aromatic carbocycles. The molecule has 1 unspecified atom stereocenters. The maximum Gasteiger partial charge on any atom is 0.137 e. The lowest BCUT2D eigenvalue weighted by molar-refractivity contribution is 0.669. The van der Waals surface area contributed by atoms with E-state index in [0.29, 0.717) is 4.90 Å². The third-order valence-corrected chi connectivity index (χ3v) is 12.9. The topological polar surface area (TPSA) is 16.4 Å². The highest BCUT2D eigenvalue weighted by molar-refractivity contribution is 6.16. The highest BCUT2D eigenvalue weighted by atomic mass is 16.3. The van der Waals surface area contributed by atoms with Crippen molar-refractivity contribution in [3.8, 4) is 44.5 Å². The number of benzene rings is 10. The van der Waals surface area contributed by atoms with Crippen LogP contribution >= 0.6 is 0 Å². The zero-order chi connectivity index (χ0) is 80.6. The molecular formula is C65H43NO. The van der Waals surface area contributed by atoms with Crippen LogP contribution in [0.2, 0.25) is 0 Å². The fraction of sp³-hybridized carbons (Fsp3) is 0.0769. The van der Waals surface area contributed by atoms with Crippen molar-refractivity contribution in [1.29, 1.82) is 0 Å². The number of rotatable bonds is 3. The van der Waals surface area contributed by atoms with Gasteiger partial charge in [0, 0.05) is 28.8 Å². The predicted octanol–water partition coefficient (Wildman–Crippen LogP) is 16.7. The molecule has 0 fully saturated rings. The van der Waals surface area contributed by atoms with Crippen LogP contribution in [0.25, 0.3) is 66.4 Å². The summed E-state index contributed by atoms with van der Waals surface area (Å²) in [5.74, 6) is 0. The standard InChI is InChI=1S/C65H43NO/c1-38-29-32-42-41-15-4-8-19-48(41)64(53(42)35-38)49-20-9-5-16-45(49)61-51(64)22-12-24-56(61)66(58-26-14-28-60-63(58)47-18-7-11-27-59(47)67-60)57-25-13-23-52-62(57)46-17-6-10-21-50(46)65(52)54-36-39(2)30-33-43(54)44-34-31-40(3)37-55(44)65/h4-37H,1-3H3/i1D3,2D3,3D3,4D,5D,6D,7D,8D,9D,10D,11D,12D,13D,14D,16D,17D,18D,19D,20D,21D,22D,23D,24D,25D,26D,27D,28D,29D,30D,31D,32D,33D,34D,35D,36D,37D. The van der Waals surface area contributed by atoms with Gasteiger partial charge < -0.3 is 9.32 Å². The molecule has 2 heteroatoms. The van der Waals surface area contributed by atoms with Crippen LogP contribution in [0.4, 0.5) is 17.1 Å². The normalized spacial score (nSPS) is 25.3. The lowest BCUT2D eigenvalue weighted by atomic mass is 9.70. The zero-order valence-electron chi connectivity index (χ0n) is 75.4. The third-order valence-electron chi connectivity index (χ3n) is 12.9. The van der Waals surface area contributed by atoms with E-state index in [0.717, 1.165) is 6.07 Å². The SMILES string of the molecule is [2H]c1cc2c(c([2H])c1[2H])C1(c3c([2H])c(C([2H])([2H])[2H])c([2H])c([2H])c3-2)c2c([2H])c([2H])c([2H])c([2H])c2-c2c(N(c3c([2H])c([2H])c([2H])c4c3-c3c([2H])c([2H])c([2H])c([2H])c3C43c4c([2H])c(C([2H])([2H])[2H])c([2H])c([2H])c4-c4c([2H])c([2H])c(C([2H])([2H])[2H])c([2H])c43)c3c([2H])c([2H])c([2H])c4oc5c([2H])c([2H])c([2H])c([2H])c5c34)c([2H])c([2H])c([2H])c21. The van der Waals surface area contributed by atoms with Crippen molar-refractivity contribution < 1.29 is 62.0 Å². The Kier molecular flexibility index (Phi) is 2.89. The highest BCUT2D eigenvalue weighted by Gasteiger charge is 2.55. The van der Waals surface area contributed by atoms with Gasteiger partial charge in [-0.05, 0) is 129 Å². The molecule has 0 aliphatic heterocycles. The molecule has 4 aliphatic carbocycles. The number of furan rings is 1. The molecule has 2 nitrogen and oxygen atoms in total. The molecule has 0 saturated carbocycles. The molecule has 0 radical (unpaired) electrons. The van der Waals surface area contributed by atoms with Crippen molar-refractivity contribution in [2.45, 2.75) is 31.4 Å². The van der Waals surface area contributed by atoms with E-state index in [1.54, 1.807) is 0 Å². The van der Waals surface area contributed by atoms with Gasteiger partial charge in [-0.3, -0.25) is 0 Å². The van der Waals surface area contributed by atoms with Gasteiger partial charge in [0.1, 0.15) is 11.2 Å². The van der Waals surface area contributed by atoms with Crippen LogP contribution in [0.5, 0.6) is 0 Å². The van der Waals surface area contributed by atoms with Gasteiger partial charge in [-0.15, -0.1) is 0 Å². The molecule has 67 heavy (non-hydrogen) atoms. The monoisotopic (exact) mass is 896 g/mol. The zero-order valence-corrected chi connectivity index (χ0v) is 33.4. The molecule has 1 aromatic heterocycles. The summed E-state index contributed by atoms with van der Waals surface area (Å²) >= 11 is 0. The molecule has 0 amide bonds. The summed E-state index contributed by atoms with van der Waals surface area (Å²) in [5, 5.41) is -1.84. The van der Waals surface area contributed by atoms with Gasteiger partial charge in [-0.2, -0.15) is 0 Å². The minimum Gasteiger partial charge on any atom is -0.456 e. The summed E-state index contributed by atoms with van der Waals surface area (Å²) in [6.45, 7) is -11.0. The van der Waals surface area contributed by atoms with E-state index in [1.807, 2.05) is 0 Å². The summed E-state index contributed by atoms with van der Waals surface area (Å²) in [6.07, 6.45) is 0. The molecule has 1 heterocycles. The van der Waals surface area contributed by atoms with Crippen LogP contribution in [0, 0.1) is 20.6 Å². The Labute approximate surface area is 449 Å². The van der Waals surface area contributed by atoms with Crippen LogP contribution in [-0.2, 0) is 10.8 Å². The van der Waals surface area contributed by atoms with E-state index >= 15 is 0 Å². The summed E-state index contributed by atoms with van der Waals surface area (Å²) in [6, 6.07) is -40.8. The van der Waals surface area contributed by atoms with E-state index in [4.69, 9.17) is 20.9 Å². The van der Waals surface area contributed by atoms with Crippen molar-refractivity contribution in [1.82, 2.24) is 0 Å². The molecule has 2 spiro atoms. The van der Waals surface area contributed by atoms with E-state index < -0.39 is 375 Å². The average Bonchev–Trinajstić information content (AvgIpc) is 1.48. The Morgan fingerprint density at radius 1 is 0.373 bits per heavy atom. The smallest absolute Gasteiger partial charge is 0.137 e. The lowest BCUT2D eigenvalue weighted by Gasteiger charge is -2.33. The molecular weight excluding hydrogens is 811 g/mol. The molecule has 0 saturated heterocycles. The largest absolute Gasteiger partial charge is 0.456 e. The van der Waals surface area contributed by atoms with Gasteiger partial charge in [0.2, 0.25) is 0 Å². The quantitative estimate of drug-likeness (QED) is 0.176. The minimum atomic E-state index is -3.69. The van der Waals surface area contributed by atoms with Gasteiger partial charge >= 0.3 is 0 Å². The second-order valence-corrected chi connectivity index (χ2v) is 15.8. The Morgan fingerprint density at radius 2 is 0.821 bits per heavy atom. The van der Waals surface area contributed by atoms with Crippen LogP contribution in [0.1, 0.15) is 119 Å². The second kappa shape index (κ2) is 13.0. The van der Waals surface area contributed by atoms with Crippen LogP contribution in [0.15, 0.2) is 210 Å². The Bertz CT molecular complexity index is 6210.